The van der Waals surface area contributed by atoms with E-state index in [1.807, 2.05) is 12.1 Å². The number of benzene rings is 3. The first-order valence-electron chi connectivity index (χ1n) is 13.4. The monoisotopic (exact) mass is 549 g/mol. The molecule has 0 aromatic heterocycles. The van der Waals surface area contributed by atoms with E-state index in [1.54, 1.807) is 62.4 Å². The zero-order valence-electron chi connectivity index (χ0n) is 22.3. The van der Waals surface area contributed by atoms with Gasteiger partial charge in [-0.3, -0.25) is 14.4 Å². The number of nitrogens with one attached hydrogen (secondary N) is 2. The molecule has 2 N–H and O–H groups in total. The predicted octanol–water partition coefficient (Wildman–Crippen LogP) is 3.63. The minimum atomic E-state index is -4.32. The van der Waals surface area contributed by atoms with E-state index in [1.165, 1.54) is 17.0 Å². The summed E-state index contributed by atoms with van der Waals surface area (Å²) in [7, 11) is -4.32. The fraction of sp³-hybridized carbons (Fsp3) is 0.367. The van der Waals surface area contributed by atoms with Crippen LogP contribution in [0, 0.1) is 17.8 Å². The summed E-state index contributed by atoms with van der Waals surface area (Å²) < 4.78 is 29.0. The number of rotatable bonds is 10. The van der Waals surface area contributed by atoms with Crippen molar-refractivity contribution in [3.63, 3.8) is 0 Å². The van der Waals surface area contributed by atoms with Crippen molar-refractivity contribution in [2.45, 2.75) is 31.6 Å². The lowest BCUT2D eigenvalue weighted by Gasteiger charge is -2.36. The molecule has 2 unspecified atom stereocenters. The molecule has 8 nitrogen and oxygen atoms in total. The molecule has 1 aliphatic heterocycles. The van der Waals surface area contributed by atoms with Crippen LogP contribution in [0.2, 0.25) is 0 Å². The number of hydrogen-bond acceptors (Lipinski definition) is 6. The predicted molar refractivity (Wildman–Crippen MR) is 151 cm³/mol. The van der Waals surface area contributed by atoms with Crippen LogP contribution >= 0.6 is 0 Å². The smallest absolute Gasteiger partial charge is 0.264 e. The number of hydrogen-bond donors (Lipinski definition) is 2. The molecule has 9 heteroatoms. The standard InChI is InChI=1S/C30H35N3O5S/c1-3-33(4-2)30(36)27(26(22-16-18-31-19-17-22)28(34)23-11-6-5-7-12-23)29(35)32-39(37,38)25-15-14-21-10-8-9-13-24(21)20-25/h5-15,20,22,26-27,31H,3-4,16-19H2,1-2H3,(H,32,35). The van der Waals surface area contributed by atoms with Crippen molar-refractivity contribution in [1.82, 2.24) is 14.9 Å². The van der Waals surface area contributed by atoms with Crippen LogP contribution in [0.4, 0.5) is 0 Å². The molecular weight excluding hydrogens is 514 g/mol. The molecular formula is C30H35N3O5S. The van der Waals surface area contributed by atoms with Gasteiger partial charge in [-0.05, 0) is 68.6 Å². The average Bonchev–Trinajstić information content (AvgIpc) is 2.96. The highest BCUT2D eigenvalue weighted by Crippen LogP contribution is 2.33. The summed E-state index contributed by atoms with van der Waals surface area (Å²) in [5, 5.41) is 4.82. The van der Waals surface area contributed by atoms with Gasteiger partial charge in [0.25, 0.3) is 10.0 Å². The van der Waals surface area contributed by atoms with Gasteiger partial charge < -0.3 is 10.2 Å². The topological polar surface area (TPSA) is 113 Å². The maximum absolute atomic E-state index is 14.0. The Morgan fingerprint density at radius 1 is 0.897 bits per heavy atom. The van der Waals surface area contributed by atoms with Gasteiger partial charge in [-0.15, -0.1) is 0 Å². The summed E-state index contributed by atoms with van der Waals surface area (Å²) in [6.45, 7) is 5.53. The van der Waals surface area contributed by atoms with Crippen LogP contribution in [-0.2, 0) is 19.6 Å². The molecule has 1 heterocycles. The molecule has 2 atom stereocenters. The first-order valence-corrected chi connectivity index (χ1v) is 14.9. The van der Waals surface area contributed by atoms with E-state index in [-0.39, 0.29) is 16.6 Å². The van der Waals surface area contributed by atoms with Crippen LogP contribution in [0.5, 0.6) is 0 Å². The van der Waals surface area contributed by atoms with Gasteiger partial charge in [-0.1, -0.05) is 60.7 Å². The number of nitrogens with zero attached hydrogens (tertiary/aromatic N) is 1. The summed E-state index contributed by atoms with van der Waals surface area (Å²) in [6.07, 6.45) is 1.19. The van der Waals surface area contributed by atoms with Crippen molar-refractivity contribution in [3.8, 4) is 0 Å². The second-order valence-electron chi connectivity index (χ2n) is 9.81. The Balaban J connectivity index is 1.75. The van der Waals surface area contributed by atoms with Gasteiger partial charge in [-0.2, -0.15) is 0 Å². The molecule has 1 aliphatic rings. The lowest BCUT2D eigenvalue weighted by Crippen LogP contribution is -2.52. The molecule has 0 aliphatic carbocycles. The molecule has 3 aromatic rings. The molecule has 0 radical (unpaired) electrons. The summed E-state index contributed by atoms with van der Waals surface area (Å²) in [4.78, 5) is 43.1. The number of Topliss-reactive ketones (excluding diaryl/α,β-unsaturated/α-hetero) is 1. The third kappa shape index (κ3) is 6.37. The third-order valence-electron chi connectivity index (χ3n) is 7.50. The Hall–Kier alpha value is -3.56. The second-order valence-corrected chi connectivity index (χ2v) is 11.5. The Morgan fingerprint density at radius 2 is 1.51 bits per heavy atom. The summed E-state index contributed by atoms with van der Waals surface area (Å²) in [5.41, 5.74) is 0.392. The largest absolute Gasteiger partial charge is 0.343 e. The molecule has 1 fully saturated rings. The van der Waals surface area contributed by atoms with E-state index in [9.17, 15) is 22.8 Å². The van der Waals surface area contributed by atoms with Gasteiger partial charge >= 0.3 is 0 Å². The van der Waals surface area contributed by atoms with Gasteiger partial charge in [-0.25, -0.2) is 13.1 Å². The Kier molecular flexibility index (Phi) is 9.14. The van der Waals surface area contributed by atoms with Crippen LogP contribution in [0.3, 0.4) is 0 Å². The highest BCUT2D eigenvalue weighted by atomic mass is 32.2. The van der Waals surface area contributed by atoms with Gasteiger partial charge in [0.15, 0.2) is 5.78 Å². The minimum Gasteiger partial charge on any atom is -0.343 e. The summed E-state index contributed by atoms with van der Waals surface area (Å²) in [5.74, 6) is -4.61. The molecule has 0 bridgehead atoms. The quantitative estimate of drug-likeness (QED) is 0.295. The molecule has 1 saturated heterocycles. The highest BCUT2D eigenvalue weighted by Gasteiger charge is 2.46. The molecule has 206 valence electrons. The first-order chi connectivity index (χ1) is 18.8. The van der Waals surface area contributed by atoms with Crippen LogP contribution in [0.1, 0.15) is 37.0 Å². The van der Waals surface area contributed by atoms with E-state index >= 15 is 0 Å². The lowest BCUT2D eigenvalue weighted by atomic mass is 9.72. The number of carbonyl (C=O) groups is 3. The van der Waals surface area contributed by atoms with Crippen LogP contribution in [-0.4, -0.2) is 57.1 Å². The van der Waals surface area contributed by atoms with Crippen molar-refractivity contribution < 1.29 is 22.8 Å². The summed E-state index contributed by atoms with van der Waals surface area (Å²) in [6, 6.07) is 20.5. The molecule has 0 saturated carbocycles. The third-order valence-corrected chi connectivity index (χ3v) is 8.85. The van der Waals surface area contributed by atoms with Crippen molar-refractivity contribution in [1.29, 1.82) is 0 Å². The van der Waals surface area contributed by atoms with Crippen molar-refractivity contribution in [2.75, 3.05) is 26.2 Å². The normalized spacial score (nSPS) is 15.8. The average molecular weight is 550 g/mol. The van der Waals surface area contributed by atoms with Gasteiger partial charge in [0.05, 0.1) is 4.90 Å². The van der Waals surface area contributed by atoms with E-state index in [4.69, 9.17) is 0 Å². The Labute approximate surface area is 229 Å². The van der Waals surface area contributed by atoms with Gasteiger partial charge in [0.2, 0.25) is 11.8 Å². The molecule has 4 rings (SSSR count). The summed E-state index contributed by atoms with van der Waals surface area (Å²) >= 11 is 0. The van der Waals surface area contributed by atoms with E-state index in [2.05, 4.69) is 10.0 Å². The number of carbonyl (C=O) groups excluding carboxylic acids is 3. The molecule has 0 spiro atoms. The van der Waals surface area contributed by atoms with Crippen molar-refractivity contribution in [3.05, 3.63) is 78.4 Å². The molecule has 2 amide bonds. The first kappa shape index (κ1) is 28.4. The number of ketones is 1. The minimum absolute atomic E-state index is 0.0867. The zero-order chi connectivity index (χ0) is 28.0. The van der Waals surface area contributed by atoms with Gasteiger partial charge in [0.1, 0.15) is 5.92 Å². The van der Waals surface area contributed by atoms with Crippen molar-refractivity contribution >= 4 is 38.4 Å². The number of fused-ring (bicyclic) bond motifs is 1. The van der Waals surface area contributed by atoms with Gasteiger partial charge in [0, 0.05) is 24.6 Å². The van der Waals surface area contributed by atoms with E-state index < -0.39 is 33.7 Å². The lowest BCUT2D eigenvalue weighted by molar-refractivity contribution is -0.144. The maximum Gasteiger partial charge on any atom is 0.264 e. The number of sulfonamides is 1. The SMILES string of the molecule is CCN(CC)C(=O)C(C(=O)NS(=O)(=O)c1ccc2ccccc2c1)C(C(=O)c1ccccc1)C1CCNCC1. The number of amides is 2. The van der Waals surface area contributed by atoms with Crippen LogP contribution in [0.15, 0.2) is 77.7 Å². The number of piperidine rings is 1. The maximum atomic E-state index is 14.0. The van der Waals surface area contributed by atoms with Crippen molar-refractivity contribution in [2.24, 2.45) is 17.8 Å². The van der Waals surface area contributed by atoms with E-state index in [0.29, 0.717) is 50.0 Å². The fourth-order valence-electron chi connectivity index (χ4n) is 5.39. The fourth-order valence-corrected chi connectivity index (χ4v) is 6.43. The second kappa shape index (κ2) is 12.5. The van der Waals surface area contributed by atoms with Crippen LogP contribution < -0.4 is 10.0 Å². The zero-order valence-corrected chi connectivity index (χ0v) is 23.1. The molecule has 3 aromatic carbocycles. The van der Waals surface area contributed by atoms with Crippen LogP contribution in [0.25, 0.3) is 10.8 Å². The Bertz CT molecular complexity index is 1430. The van der Waals surface area contributed by atoms with E-state index in [0.717, 1.165) is 5.39 Å². The Morgan fingerprint density at radius 3 is 2.15 bits per heavy atom. The highest BCUT2D eigenvalue weighted by molar-refractivity contribution is 7.90. The molecule has 39 heavy (non-hydrogen) atoms.